The fourth-order valence-electron chi connectivity index (χ4n) is 0.606. The molecule has 0 bridgehead atoms. The average molecular weight is 172 g/mol. The van der Waals surface area contributed by atoms with Crippen LogP contribution < -0.4 is 10.6 Å². The van der Waals surface area contributed by atoms with E-state index >= 15 is 0 Å². The van der Waals surface area contributed by atoms with E-state index in [1.165, 1.54) is 6.42 Å². The summed E-state index contributed by atoms with van der Waals surface area (Å²) in [5, 5.41) is 6.81. The van der Waals surface area contributed by atoms with Crippen LogP contribution in [-0.4, -0.2) is 18.2 Å². The minimum absolute atomic E-state index is 0.721. The normalized spacial score (nSPS) is 8.82. The number of hydrogen-bond donors (Lipinski definition) is 2. The Kier molecular flexibility index (Phi) is 7.15. The number of hydrogen-bond acceptors (Lipinski definition) is 1. The van der Waals surface area contributed by atoms with Crippen LogP contribution in [0.3, 0.4) is 0 Å². The van der Waals surface area contributed by atoms with Crippen molar-refractivity contribution in [1.29, 1.82) is 0 Å². The van der Waals surface area contributed by atoms with Gasteiger partial charge in [-0.15, -0.1) is 6.58 Å². The third-order valence-electron chi connectivity index (χ3n) is 1.22. The van der Waals surface area contributed by atoms with Gasteiger partial charge in [0.2, 0.25) is 0 Å². The molecule has 0 aromatic rings. The largest absolute Gasteiger partial charge is 0.363 e. The second-order valence-electron chi connectivity index (χ2n) is 2.28. The molecule has 0 amide bonds. The first kappa shape index (κ1) is 10.4. The van der Waals surface area contributed by atoms with E-state index in [0.29, 0.717) is 0 Å². The fourth-order valence-corrected chi connectivity index (χ4v) is 0.791. The molecule has 0 spiro atoms. The average Bonchev–Trinajstić information content (AvgIpc) is 2.01. The Morgan fingerprint density at radius 3 is 2.82 bits per heavy atom. The summed E-state index contributed by atoms with van der Waals surface area (Å²) in [7, 11) is 0. The van der Waals surface area contributed by atoms with Crippen molar-refractivity contribution in [2.75, 3.05) is 13.1 Å². The van der Waals surface area contributed by atoms with E-state index in [4.69, 9.17) is 12.2 Å². The van der Waals surface area contributed by atoms with Crippen molar-refractivity contribution in [3.8, 4) is 0 Å². The minimum atomic E-state index is 0.721. The van der Waals surface area contributed by atoms with Crippen molar-refractivity contribution in [1.82, 2.24) is 10.6 Å². The molecule has 0 saturated carbocycles. The van der Waals surface area contributed by atoms with E-state index in [2.05, 4.69) is 24.1 Å². The van der Waals surface area contributed by atoms with Crippen LogP contribution in [0.1, 0.15) is 19.8 Å². The first-order chi connectivity index (χ1) is 5.31. The van der Waals surface area contributed by atoms with Gasteiger partial charge in [0.1, 0.15) is 0 Å². The maximum atomic E-state index is 4.96. The smallest absolute Gasteiger partial charge is 0.166 e. The van der Waals surface area contributed by atoms with Gasteiger partial charge in [0.15, 0.2) is 5.11 Å². The zero-order valence-electron chi connectivity index (χ0n) is 7.02. The van der Waals surface area contributed by atoms with Gasteiger partial charge in [-0.2, -0.15) is 0 Å². The summed E-state index contributed by atoms with van der Waals surface area (Å²) in [6.07, 6.45) is 4.14. The van der Waals surface area contributed by atoms with Crippen molar-refractivity contribution in [2.45, 2.75) is 19.8 Å². The molecule has 2 nitrogen and oxygen atoms in total. The van der Waals surface area contributed by atoms with Gasteiger partial charge in [0, 0.05) is 13.1 Å². The van der Waals surface area contributed by atoms with Crippen LogP contribution in [0.25, 0.3) is 0 Å². The molecule has 0 aliphatic carbocycles. The third-order valence-corrected chi connectivity index (χ3v) is 1.51. The molecule has 0 fully saturated rings. The molecule has 0 heterocycles. The first-order valence-corrected chi connectivity index (χ1v) is 4.34. The lowest BCUT2D eigenvalue weighted by Gasteiger charge is -2.07. The fraction of sp³-hybridized carbons (Fsp3) is 0.625. The molecule has 2 N–H and O–H groups in total. The maximum Gasteiger partial charge on any atom is 0.166 e. The van der Waals surface area contributed by atoms with Gasteiger partial charge < -0.3 is 10.6 Å². The Balaban J connectivity index is 3.15. The van der Waals surface area contributed by atoms with E-state index in [-0.39, 0.29) is 0 Å². The van der Waals surface area contributed by atoms with Crippen molar-refractivity contribution < 1.29 is 0 Å². The number of thiocarbonyl (C=S) groups is 1. The van der Waals surface area contributed by atoms with Crippen molar-refractivity contribution in [3.05, 3.63) is 12.7 Å². The number of unbranched alkanes of at least 4 members (excludes halogenated alkanes) is 1. The molecule has 0 aromatic carbocycles. The summed E-state index contributed by atoms with van der Waals surface area (Å²) in [4.78, 5) is 0. The van der Waals surface area contributed by atoms with Gasteiger partial charge in [-0.3, -0.25) is 0 Å². The predicted octanol–water partition coefficient (Wildman–Crippen LogP) is 1.44. The van der Waals surface area contributed by atoms with E-state index in [0.717, 1.165) is 24.6 Å². The highest BCUT2D eigenvalue weighted by molar-refractivity contribution is 7.80. The quantitative estimate of drug-likeness (QED) is 0.373. The topological polar surface area (TPSA) is 24.1 Å². The molecule has 0 aromatic heterocycles. The van der Waals surface area contributed by atoms with Gasteiger partial charge in [0.25, 0.3) is 0 Å². The van der Waals surface area contributed by atoms with E-state index in [1.807, 2.05) is 0 Å². The predicted molar refractivity (Wildman–Crippen MR) is 53.7 cm³/mol. The molecular weight excluding hydrogens is 156 g/mol. The zero-order valence-corrected chi connectivity index (χ0v) is 7.84. The Bertz CT molecular complexity index is 123. The lowest BCUT2D eigenvalue weighted by molar-refractivity contribution is 0.746. The summed E-state index contributed by atoms with van der Waals surface area (Å²) in [6.45, 7) is 7.43. The van der Waals surface area contributed by atoms with E-state index in [9.17, 15) is 0 Å². The van der Waals surface area contributed by atoms with Crippen molar-refractivity contribution in [2.24, 2.45) is 0 Å². The molecular formula is C8H16N2S. The van der Waals surface area contributed by atoms with Crippen molar-refractivity contribution in [3.63, 3.8) is 0 Å². The highest BCUT2D eigenvalue weighted by Crippen LogP contribution is 1.81. The van der Waals surface area contributed by atoms with E-state index in [1.54, 1.807) is 6.08 Å². The highest BCUT2D eigenvalue weighted by atomic mass is 32.1. The number of rotatable bonds is 5. The summed E-state index contributed by atoms with van der Waals surface area (Å²) in [6, 6.07) is 0. The van der Waals surface area contributed by atoms with Gasteiger partial charge in [-0.1, -0.05) is 19.4 Å². The summed E-state index contributed by atoms with van der Waals surface area (Å²) in [5.41, 5.74) is 0. The van der Waals surface area contributed by atoms with Crippen LogP contribution in [0.4, 0.5) is 0 Å². The summed E-state index contributed by atoms with van der Waals surface area (Å²) < 4.78 is 0. The number of nitrogens with one attached hydrogen (secondary N) is 2. The molecule has 0 aliphatic heterocycles. The minimum Gasteiger partial charge on any atom is -0.363 e. The van der Waals surface area contributed by atoms with Crippen molar-refractivity contribution >= 4 is 17.3 Å². The van der Waals surface area contributed by atoms with Crippen LogP contribution >= 0.6 is 12.2 Å². The van der Waals surface area contributed by atoms with Gasteiger partial charge >= 0.3 is 0 Å². The molecule has 11 heavy (non-hydrogen) atoms. The van der Waals surface area contributed by atoms with Gasteiger partial charge in [-0.25, -0.2) is 0 Å². The lowest BCUT2D eigenvalue weighted by Crippen LogP contribution is -2.35. The molecule has 0 atom stereocenters. The molecule has 0 aliphatic rings. The van der Waals surface area contributed by atoms with Crippen LogP contribution in [0.15, 0.2) is 12.7 Å². The summed E-state index contributed by atoms with van der Waals surface area (Å²) >= 11 is 4.96. The van der Waals surface area contributed by atoms with Crippen LogP contribution in [-0.2, 0) is 0 Å². The van der Waals surface area contributed by atoms with Crippen LogP contribution in [0.2, 0.25) is 0 Å². The highest BCUT2D eigenvalue weighted by Gasteiger charge is 1.89. The molecule has 64 valence electrons. The third kappa shape index (κ3) is 7.33. The second kappa shape index (κ2) is 7.54. The molecule has 3 heteroatoms. The molecule has 0 rings (SSSR count). The summed E-state index contributed by atoms with van der Waals surface area (Å²) in [5.74, 6) is 0. The Labute approximate surface area is 74.1 Å². The van der Waals surface area contributed by atoms with E-state index < -0.39 is 0 Å². The van der Waals surface area contributed by atoms with Gasteiger partial charge in [-0.05, 0) is 18.6 Å². The SMILES string of the molecule is C=CCNC(=S)NCCCC. The standard InChI is InChI=1S/C8H16N2S/c1-3-5-7-10-8(11)9-6-4-2/h4H,2-3,5-7H2,1H3,(H2,9,10,11). The lowest BCUT2D eigenvalue weighted by atomic mass is 10.3. The second-order valence-corrected chi connectivity index (χ2v) is 2.69. The molecule has 0 saturated heterocycles. The monoisotopic (exact) mass is 172 g/mol. The Morgan fingerprint density at radius 1 is 1.55 bits per heavy atom. The maximum absolute atomic E-state index is 4.96. The zero-order chi connectivity index (χ0) is 8.53. The molecule has 0 radical (unpaired) electrons. The molecule has 0 unspecified atom stereocenters. The van der Waals surface area contributed by atoms with Gasteiger partial charge in [0.05, 0.1) is 0 Å². The van der Waals surface area contributed by atoms with Crippen LogP contribution in [0, 0.1) is 0 Å². The Morgan fingerprint density at radius 2 is 2.27 bits per heavy atom. The first-order valence-electron chi connectivity index (χ1n) is 3.93. The Hall–Kier alpha value is -0.570. The van der Waals surface area contributed by atoms with Crippen LogP contribution in [0.5, 0.6) is 0 Å².